The summed E-state index contributed by atoms with van der Waals surface area (Å²) in [4.78, 5) is 0. The van der Waals surface area contributed by atoms with Crippen LogP contribution in [0.5, 0.6) is 0 Å². The first kappa shape index (κ1) is 36.4. The van der Waals surface area contributed by atoms with Gasteiger partial charge in [-0.05, 0) is 120 Å². The molecule has 7 aliphatic rings. The Balaban J connectivity index is 1.12. The Labute approximate surface area is 375 Å². The van der Waals surface area contributed by atoms with Crippen molar-refractivity contribution in [2.24, 2.45) is 5.92 Å². The summed E-state index contributed by atoms with van der Waals surface area (Å²) >= 11 is 0. The van der Waals surface area contributed by atoms with E-state index in [1.165, 1.54) is 77.9 Å². The fourth-order valence-electron chi connectivity index (χ4n) is 14.1. The van der Waals surface area contributed by atoms with Crippen molar-refractivity contribution in [3.8, 4) is 22.3 Å². The van der Waals surface area contributed by atoms with Crippen LogP contribution in [0.2, 0.25) is 0 Å². The zero-order chi connectivity index (χ0) is 42.2. The molecule has 1 N–H and O–H groups in total. The molecular weight excluding hydrogens is 773 g/mol. The molecule has 0 bridgehead atoms. The number of rotatable bonds is 4. The maximum Gasteiger partial charge on any atom is 0.142 e. The van der Waals surface area contributed by atoms with Gasteiger partial charge in [-0.25, -0.2) is 0 Å². The molecule has 7 aromatic rings. The molecule has 0 radical (unpaired) electrons. The van der Waals surface area contributed by atoms with Crippen LogP contribution in [-0.4, -0.2) is 5.11 Å². The van der Waals surface area contributed by atoms with E-state index in [1.54, 1.807) is 0 Å². The molecule has 14 rings (SSSR count). The Bertz CT molecular complexity index is 3320. The van der Waals surface area contributed by atoms with E-state index in [9.17, 15) is 0 Å². The zero-order valence-corrected chi connectivity index (χ0v) is 35.6. The monoisotopic (exact) mass is 818 g/mol. The fraction of sp³-hybridized carbons (Fsp3) is 0.143. The standard InChI is InChI=1S/C63H46O/c64-63(54-35-17-4-22-41(54)40-20-2-1-3-21-40,57-38-18-36-55-59(57)46-27-9-15-33-52(46)61(55)48-29-11-5-23-42(48)43-24-6-12-30-49(43)61)58-39-19-37-56-60(58)47-28-10-16-34-53(47)62(56)50-31-13-7-25-44(50)45-26-8-14-32-51(45)62/h1-7,9,11-25,27,29-39,46,52,64H,8,10,26,28H2. The van der Waals surface area contributed by atoms with Gasteiger partial charge < -0.3 is 5.11 Å². The second-order valence-electron chi connectivity index (χ2n) is 18.8. The van der Waals surface area contributed by atoms with Gasteiger partial charge >= 0.3 is 0 Å². The average molecular weight is 819 g/mol. The first-order chi connectivity index (χ1) is 31.7. The fourth-order valence-corrected chi connectivity index (χ4v) is 14.1. The summed E-state index contributed by atoms with van der Waals surface area (Å²) in [5.41, 5.74) is 21.2. The quantitative estimate of drug-likeness (QED) is 0.175. The second-order valence-corrected chi connectivity index (χ2v) is 18.8. The summed E-state index contributed by atoms with van der Waals surface area (Å²) in [6.07, 6.45) is 23.0. The van der Waals surface area contributed by atoms with Crippen LogP contribution in [0.1, 0.15) is 92.8 Å². The van der Waals surface area contributed by atoms with Gasteiger partial charge in [-0.2, -0.15) is 0 Å². The van der Waals surface area contributed by atoms with E-state index in [0.29, 0.717) is 0 Å². The van der Waals surface area contributed by atoms with Crippen molar-refractivity contribution in [2.75, 3.05) is 0 Å². The van der Waals surface area contributed by atoms with E-state index in [-0.39, 0.29) is 11.8 Å². The molecular formula is C63H46O. The molecule has 0 aliphatic heterocycles. The lowest BCUT2D eigenvalue weighted by atomic mass is 9.65. The van der Waals surface area contributed by atoms with Gasteiger partial charge in [0, 0.05) is 23.0 Å². The van der Waals surface area contributed by atoms with Gasteiger partial charge in [0.25, 0.3) is 0 Å². The van der Waals surface area contributed by atoms with E-state index >= 15 is 5.11 Å². The van der Waals surface area contributed by atoms with Gasteiger partial charge in [0.2, 0.25) is 0 Å². The molecule has 64 heavy (non-hydrogen) atoms. The van der Waals surface area contributed by atoms with Crippen LogP contribution >= 0.6 is 0 Å². The molecule has 0 aromatic heterocycles. The average Bonchev–Trinajstić information content (AvgIpc) is 4.06. The van der Waals surface area contributed by atoms with Crippen molar-refractivity contribution in [1.29, 1.82) is 0 Å². The van der Waals surface area contributed by atoms with E-state index in [4.69, 9.17) is 0 Å². The van der Waals surface area contributed by atoms with Crippen LogP contribution in [0, 0.1) is 5.92 Å². The minimum absolute atomic E-state index is 0.0307. The summed E-state index contributed by atoms with van der Waals surface area (Å²) in [7, 11) is 0. The topological polar surface area (TPSA) is 20.2 Å². The van der Waals surface area contributed by atoms with Gasteiger partial charge in [-0.15, -0.1) is 0 Å². The molecule has 1 nitrogen and oxygen atoms in total. The first-order valence-electron chi connectivity index (χ1n) is 23.3. The minimum atomic E-state index is -1.56. The highest BCUT2D eigenvalue weighted by Gasteiger charge is 2.60. The molecule has 304 valence electrons. The molecule has 0 saturated carbocycles. The lowest BCUT2D eigenvalue weighted by Crippen LogP contribution is -2.34. The van der Waals surface area contributed by atoms with Crippen molar-refractivity contribution in [2.45, 2.75) is 48.0 Å². The third-order valence-corrected chi connectivity index (χ3v) is 16.3. The summed E-state index contributed by atoms with van der Waals surface area (Å²) in [6.45, 7) is 0. The first-order valence-corrected chi connectivity index (χ1v) is 23.3. The maximum absolute atomic E-state index is 15.1. The third-order valence-electron chi connectivity index (χ3n) is 16.3. The Morgan fingerprint density at radius 1 is 0.453 bits per heavy atom. The molecule has 0 heterocycles. The number of aliphatic hydroxyl groups is 1. The molecule has 2 spiro atoms. The van der Waals surface area contributed by atoms with Crippen LogP contribution in [0.15, 0.2) is 224 Å². The van der Waals surface area contributed by atoms with Gasteiger partial charge in [-0.3, -0.25) is 0 Å². The summed E-state index contributed by atoms with van der Waals surface area (Å²) in [6, 6.07) is 60.5. The third kappa shape index (κ3) is 4.34. The molecule has 4 unspecified atom stereocenters. The van der Waals surface area contributed by atoms with Gasteiger partial charge in [0.1, 0.15) is 5.60 Å². The number of benzene rings is 7. The molecule has 0 saturated heterocycles. The van der Waals surface area contributed by atoms with Gasteiger partial charge in [-0.1, -0.05) is 212 Å². The minimum Gasteiger partial charge on any atom is -0.376 e. The molecule has 0 fully saturated rings. The number of hydrogen-bond donors (Lipinski definition) is 1. The van der Waals surface area contributed by atoms with E-state index in [2.05, 4.69) is 212 Å². The lowest BCUT2D eigenvalue weighted by molar-refractivity contribution is 0.124. The van der Waals surface area contributed by atoms with Crippen LogP contribution in [0.3, 0.4) is 0 Å². The number of fused-ring (bicyclic) bond motifs is 18. The van der Waals surface area contributed by atoms with Crippen LogP contribution in [0.25, 0.3) is 33.4 Å². The van der Waals surface area contributed by atoms with Crippen LogP contribution in [0.4, 0.5) is 0 Å². The molecule has 0 amide bonds. The summed E-state index contributed by atoms with van der Waals surface area (Å²) < 4.78 is 0. The van der Waals surface area contributed by atoms with Gasteiger partial charge in [0.05, 0.1) is 10.8 Å². The van der Waals surface area contributed by atoms with E-state index in [1.807, 2.05) is 0 Å². The highest BCUT2D eigenvalue weighted by atomic mass is 16.3. The van der Waals surface area contributed by atoms with Crippen molar-refractivity contribution in [3.05, 3.63) is 285 Å². The van der Waals surface area contributed by atoms with Crippen molar-refractivity contribution < 1.29 is 5.11 Å². The molecule has 4 atom stereocenters. The Morgan fingerprint density at radius 3 is 1.75 bits per heavy atom. The van der Waals surface area contributed by atoms with E-state index in [0.717, 1.165) is 53.5 Å². The smallest absolute Gasteiger partial charge is 0.142 e. The maximum atomic E-state index is 15.1. The van der Waals surface area contributed by atoms with Crippen LogP contribution in [-0.2, 0) is 16.4 Å². The highest BCUT2D eigenvalue weighted by molar-refractivity contribution is 5.98. The predicted molar refractivity (Wildman–Crippen MR) is 261 cm³/mol. The van der Waals surface area contributed by atoms with Crippen molar-refractivity contribution >= 4 is 11.1 Å². The number of allylic oxidation sites excluding steroid dienone is 12. The molecule has 7 aliphatic carbocycles. The molecule has 1 heteroatoms. The zero-order valence-electron chi connectivity index (χ0n) is 35.6. The lowest BCUT2D eigenvalue weighted by Gasteiger charge is -2.37. The van der Waals surface area contributed by atoms with Gasteiger partial charge in [0.15, 0.2) is 0 Å². The summed E-state index contributed by atoms with van der Waals surface area (Å²) in [5, 5.41) is 15.1. The Morgan fingerprint density at radius 2 is 1.00 bits per heavy atom. The largest absolute Gasteiger partial charge is 0.376 e. The Hall–Kier alpha value is -7.06. The Kier molecular flexibility index (Phi) is 7.53. The second kappa shape index (κ2) is 13.2. The van der Waals surface area contributed by atoms with Crippen LogP contribution < -0.4 is 0 Å². The SMILES string of the molecule is OC(c1ccccc1-c1ccccc1)(c1cccc2c1C1=C(C=CCC1)C21C2=C(CCC=C2)c2ccccc21)c1cccc2c1C1C=CC=CC1C21c2ccccc2-c2ccccc21. The number of hydrogen-bond acceptors (Lipinski definition) is 1. The van der Waals surface area contributed by atoms with Crippen molar-refractivity contribution in [1.82, 2.24) is 0 Å². The van der Waals surface area contributed by atoms with Crippen molar-refractivity contribution in [3.63, 3.8) is 0 Å². The highest BCUT2D eigenvalue weighted by Crippen LogP contribution is 2.69. The summed E-state index contributed by atoms with van der Waals surface area (Å²) in [5.74, 6) is 0.149. The predicted octanol–water partition coefficient (Wildman–Crippen LogP) is 14.3. The van der Waals surface area contributed by atoms with E-state index < -0.39 is 16.4 Å². The normalized spacial score (nSPS) is 22.8. The molecule has 7 aromatic carbocycles.